The van der Waals surface area contributed by atoms with Gasteiger partial charge in [0.05, 0.1) is 17.9 Å². The van der Waals surface area contributed by atoms with E-state index in [-0.39, 0.29) is 5.91 Å². The Morgan fingerprint density at radius 1 is 1.07 bits per heavy atom. The lowest BCUT2D eigenvalue weighted by Crippen LogP contribution is -2.47. The van der Waals surface area contributed by atoms with E-state index in [1.165, 1.54) is 23.5 Å². The molecule has 0 N–H and O–H groups in total. The molecule has 12 heteroatoms. The third kappa shape index (κ3) is 8.98. The van der Waals surface area contributed by atoms with E-state index in [2.05, 4.69) is 17.9 Å². The van der Waals surface area contributed by atoms with Gasteiger partial charge < -0.3 is 14.4 Å². The number of benzene rings is 2. The van der Waals surface area contributed by atoms with Crippen LogP contribution in [0.25, 0.3) is 10.6 Å². The highest BCUT2D eigenvalue weighted by molar-refractivity contribution is 7.98. The van der Waals surface area contributed by atoms with Crippen LogP contribution in [-0.4, -0.2) is 65.6 Å². The monoisotopic (exact) mass is 649 g/mol. The van der Waals surface area contributed by atoms with Gasteiger partial charge in [-0.25, -0.2) is 9.78 Å². The zero-order chi connectivity index (χ0) is 31.9. The van der Waals surface area contributed by atoms with Gasteiger partial charge in [-0.3, -0.25) is 9.69 Å². The number of hydrogen-bond acceptors (Lipinski definition) is 8. The molecule has 0 saturated carbocycles. The summed E-state index contributed by atoms with van der Waals surface area (Å²) < 4.78 is 50.5. The van der Waals surface area contributed by atoms with Gasteiger partial charge in [-0.1, -0.05) is 25.5 Å². The van der Waals surface area contributed by atoms with Gasteiger partial charge in [0.1, 0.15) is 10.8 Å². The minimum atomic E-state index is -4.40. The van der Waals surface area contributed by atoms with Crippen molar-refractivity contribution in [2.75, 3.05) is 32.8 Å². The van der Waals surface area contributed by atoms with Gasteiger partial charge in [0, 0.05) is 60.7 Å². The number of rotatable bonds is 12. The van der Waals surface area contributed by atoms with Crippen molar-refractivity contribution in [3.8, 4) is 16.3 Å². The number of halogens is 3. The van der Waals surface area contributed by atoms with Crippen LogP contribution in [0.1, 0.15) is 55.8 Å². The van der Waals surface area contributed by atoms with Crippen molar-refractivity contribution in [3.63, 3.8) is 0 Å². The number of carbonyl (C=O) groups is 2. The summed E-state index contributed by atoms with van der Waals surface area (Å²) >= 11 is 3.15. The third-order valence-electron chi connectivity index (χ3n) is 7.27. The van der Waals surface area contributed by atoms with Gasteiger partial charge in [0.25, 0.3) is 0 Å². The maximum atomic E-state index is 13.1. The van der Waals surface area contributed by atoms with Crippen molar-refractivity contribution in [1.82, 2.24) is 14.8 Å². The van der Waals surface area contributed by atoms with E-state index in [0.29, 0.717) is 48.3 Å². The van der Waals surface area contributed by atoms with Crippen molar-refractivity contribution in [3.05, 3.63) is 64.2 Å². The molecule has 0 spiro atoms. The van der Waals surface area contributed by atoms with E-state index < -0.39 is 23.8 Å². The number of nitrogens with zero attached hydrogens (tertiary/aromatic N) is 3. The first-order valence-electron chi connectivity index (χ1n) is 14.7. The Kier molecular flexibility index (Phi) is 11.7. The quantitative estimate of drug-likeness (QED) is 0.154. The lowest BCUT2D eigenvalue weighted by molar-refractivity contribution is -0.150. The van der Waals surface area contributed by atoms with E-state index in [0.717, 1.165) is 59.1 Å². The highest BCUT2D eigenvalue weighted by Gasteiger charge is 2.30. The van der Waals surface area contributed by atoms with Crippen LogP contribution in [-0.2, 0) is 39.2 Å². The first kappa shape index (κ1) is 33.8. The lowest BCUT2D eigenvalue weighted by Gasteiger charge is -2.33. The molecule has 44 heavy (non-hydrogen) atoms. The molecule has 1 aliphatic heterocycles. The smallest absolute Gasteiger partial charge is 0.416 e. The van der Waals surface area contributed by atoms with Crippen LogP contribution in [0.4, 0.5) is 13.2 Å². The fourth-order valence-corrected chi connectivity index (χ4v) is 6.99. The molecule has 0 aliphatic carbocycles. The molecule has 4 rings (SSSR count). The van der Waals surface area contributed by atoms with Crippen LogP contribution in [0.3, 0.4) is 0 Å². The summed E-state index contributed by atoms with van der Waals surface area (Å²) in [6.45, 7) is 10.7. The Labute approximate surface area is 264 Å². The van der Waals surface area contributed by atoms with E-state index in [9.17, 15) is 22.8 Å². The Balaban J connectivity index is 1.54. The maximum absolute atomic E-state index is 13.1. The van der Waals surface area contributed by atoms with Crippen molar-refractivity contribution in [2.45, 2.75) is 70.0 Å². The molecule has 2 aromatic carbocycles. The van der Waals surface area contributed by atoms with Crippen LogP contribution in [0.5, 0.6) is 5.75 Å². The maximum Gasteiger partial charge on any atom is 0.416 e. The summed E-state index contributed by atoms with van der Waals surface area (Å²) in [6.07, 6.45) is -3.42. The molecule has 1 amide bonds. The molecular weight excluding hydrogens is 611 g/mol. The predicted octanol–water partition coefficient (Wildman–Crippen LogP) is 7.07. The van der Waals surface area contributed by atoms with Gasteiger partial charge in [-0.05, 0) is 56.2 Å². The molecule has 1 unspecified atom stereocenters. The number of amides is 1. The molecule has 0 radical (unpaired) electrons. The predicted molar refractivity (Wildman–Crippen MR) is 167 cm³/mol. The average Bonchev–Trinajstić information content (AvgIpc) is 3.39. The van der Waals surface area contributed by atoms with E-state index in [1.807, 2.05) is 17.0 Å². The van der Waals surface area contributed by atoms with E-state index >= 15 is 0 Å². The summed E-state index contributed by atoms with van der Waals surface area (Å²) in [6, 6.07) is 11.1. The Bertz CT molecular complexity index is 1420. The second-order valence-electron chi connectivity index (χ2n) is 10.6. The third-order valence-corrected chi connectivity index (χ3v) is 9.62. The topological polar surface area (TPSA) is 72.0 Å². The van der Waals surface area contributed by atoms with Crippen LogP contribution >= 0.6 is 23.1 Å². The SMILES string of the molecule is CCCc1cc(SCc2sc(-c3ccc(C(F)(F)F)cc3)nc2CN2CCN(C(C)=O)CC2)ccc1OC(C)C(=O)OCC. The Hall–Kier alpha value is -3.09. The minimum Gasteiger partial charge on any atom is -0.479 e. The van der Waals surface area contributed by atoms with Crippen LogP contribution in [0.15, 0.2) is 47.4 Å². The Morgan fingerprint density at radius 3 is 2.39 bits per heavy atom. The van der Waals surface area contributed by atoms with Crippen LogP contribution < -0.4 is 4.74 Å². The molecule has 1 aromatic heterocycles. The van der Waals surface area contributed by atoms with E-state index in [1.54, 1.807) is 32.5 Å². The zero-order valence-electron chi connectivity index (χ0n) is 25.4. The Morgan fingerprint density at radius 2 is 1.77 bits per heavy atom. The molecule has 1 saturated heterocycles. The minimum absolute atomic E-state index is 0.0641. The largest absolute Gasteiger partial charge is 0.479 e. The summed E-state index contributed by atoms with van der Waals surface area (Å²) in [5, 5.41) is 0.676. The number of esters is 1. The van der Waals surface area contributed by atoms with Gasteiger partial charge >= 0.3 is 12.1 Å². The van der Waals surface area contributed by atoms with Gasteiger partial charge in [-0.2, -0.15) is 13.2 Å². The molecule has 0 bridgehead atoms. The number of aryl methyl sites for hydroxylation is 1. The van der Waals surface area contributed by atoms with Crippen molar-refractivity contribution >= 4 is 35.0 Å². The number of piperazine rings is 1. The normalized spacial score (nSPS) is 14.8. The molecule has 1 fully saturated rings. The average molecular weight is 650 g/mol. The summed E-state index contributed by atoms with van der Waals surface area (Å²) in [5.41, 5.74) is 1.85. The molecule has 238 valence electrons. The number of thiazole rings is 1. The first-order chi connectivity index (χ1) is 21.0. The number of hydrogen-bond donors (Lipinski definition) is 0. The summed E-state index contributed by atoms with van der Waals surface area (Å²) in [4.78, 5) is 34.9. The van der Waals surface area contributed by atoms with Gasteiger partial charge in [0.15, 0.2) is 6.10 Å². The van der Waals surface area contributed by atoms with Gasteiger partial charge in [-0.15, -0.1) is 23.1 Å². The molecule has 1 atom stereocenters. The standard InChI is InChI=1S/C32H38F3N3O4S2/c1-5-7-24-18-26(12-13-28(24)42-21(3)31(40)41-6-2)43-20-29-27(19-37-14-16-38(17-15-37)22(4)39)36-30(44-29)23-8-10-25(11-9-23)32(33,34)35/h8-13,18,21H,5-7,14-17,19-20H2,1-4H3. The number of thioether (sulfide) groups is 1. The van der Waals surface area contributed by atoms with Crippen LogP contribution in [0.2, 0.25) is 0 Å². The van der Waals surface area contributed by atoms with Crippen molar-refractivity contribution < 1.29 is 32.2 Å². The highest BCUT2D eigenvalue weighted by atomic mass is 32.2. The zero-order valence-corrected chi connectivity index (χ0v) is 27.0. The number of ether oxygens (including phenoxy) is 2. The fraction of sp³-hybridized carbons (Fsp3) is 0.469. The lowest BCUT2D eigenvalue weighted by atomic mass is 10.1. The number of alkyl halides is 3. The number of carbonyl (C=O) groups excluding carboxylic acids is 2. The fourth-order valence-electron chi connectivity index (χ4n) is 4.85. The van der Waals surface area contributed by atoms with E-state index in [4.69, 9.17) is 14.5 Å². The molecule has 2 heterocycles. The highest BCUT2D eigenvalue weighted by Crippen LogP contribution is 2.37. The van der Waals surface area contributed by atoms with Gasteiger partial charge in [0.2, 0.25) is 5.91 Å². The second kappa shape index (κ2) is 15.3. The molecule has 3 aromatic rings. The molecular formula is C32H38F3N3O4S2. The summed E-state index contributed by atoms with van der Waals surface area (Å²) in [7, 11) is 0. The van der Waals surface area contributed by atoms with Crippen molar-refractivity contribution in [1.29, 1.82) is 0 Å². The molecule has 7 nitrogen and oxygen atoms in total. The molecule has 1 aliphatic rings. The van der Waals surface area contributed by atoms with Crippen molar-refractivity contribution in [2.24, 2.45) is 0 Å². The number of aromatic nitrogens is 1. The second-order valence-corrected chi connectivity index (χ2v) is 12.7. The first-order valence-corrected chi connectivity index (χ1v) is 16.5. The van der Waals surface area contributed by atoms with Crippen LogP contribution in [0, 0.1) is 0 Å². The summed E-state index contributed by atoms with van der Waals surface area (Å²) in [5.74, 6) is 0.947.